The Morgan fingerprint density at radius 1 is 1.26 bits per heavy atom. The maximum atomic E-state index is 12.7. The molecule has 1 aliphatic heterocycles. The van der Waals surface area contributed by atoms with Gasteiger partial charge in [0, 0.05) is 44.7 Å². The molecule has 2 aromatic heterocycles. The summed E-state index contributed by atoms with van der Waals surface area (Å²) >= 11 is 0. The number of amides is 1. The molecule has 0 spiro atoms. The van der Waals surface area contributed by atoms with Crippen molar-refractivity contribution in [1.82, 2.24) is 19.5 Å². The summed E-state index contributed by atoms with van der Waals surface area (Å²) in [6, 6.07) is 9.62. The first-order valence-electron chi connectivity index (χ1n) is 8.92. The van der Waals surface area contributed by atoms with E-state index in [2.05, 4.69) is 5.10 Å². The van der Waals surface area contributed by atoms with Crippen molar-refractivity contribution in [3.8, 4) is 11.1 Å². The number of aryl methyl sites for hydroxylation is 1. The zero-order valence-corrected chi connectivity index (χ0v) is 15.7. The van der Waals surface area contributed by atoms with Crippen molar-refractivity contribution in [3.63, 3.8) is 0 Å². The van der Waals surface area contributed by atoms with E-state index in [1.807, 2.05) is 31.2 Å². The van der Waals surface area contributed by atoms with Crippen LogP contribution in [0.1, 0.15) is 29.3 Å². The van der Waals surface area contributed by atoms with Crippen molar-refractivity contribution in [2.24, 2.45) is 0 Å². The lowest BCUT2D eigenvalue weighted by Gasteiger charge is -2.10. The molecule has 1 aliphatic rings. The van der Waals surface area contributed by atoms with Gasteiger partial charge < -0.3 is 9.64 Å². The Hall–Kier alpha value is -2.93. The Bertz CT molecular complexity index is 1070. The van der Waals surface area contributed by atoms with Gasteiger partial charge in [-0.15, -0.1) is 0 Å². The maximum Gasteiger partial charge on any atom is 0.272 e. The van der Waals surface area contributed by atoms with Gasteiger partial charge in [0.05, 0.1) is 18.0 Å². The molecule has 0 aliphatic carbocycles. The van der Waals surface area contributed by atoms with Gasteiger partial charge in [-0.25, -0.2) is 9.50 Å². The van der Waals surface area contributed by atoms with Crippen LogP contribution in [0.5, 0.6) is 0 Å². The van der Waals surface area contributed by atoms with Crippen molar-refractivity contribution < 1.29 is 9.53 Å². The number of carbonyl (C=O) groups is 1. The molecular weight excluding hydrogens is 344 g/mol. The lowest BCUT2D eigenvalue weighted by Crippen LogP contribution is -2.20. The van der Waals surface area contributed by atoms with Gasteiger partial charge in [-0.1, -0.05) is 29.8 Å². The van der Waals surface area contributed by atoms with Gasteiger partial charge in [0.2, 0.25) is 5.91 Å². The van der Waals surface area contributed by atoms with E-state index in [0.29, 0.717) is 30.9 Å². The monoisotopic (exact) mass is 366 g/mol. The molecule has 1 fully saturated rings. The quantitative estimate of drug-likeness (QED) is 0.767. The van der Waals surface area contributed by atoms with Crippen LogP contribution >= 0.6 is 0 Å². The molecule has 3 aromatic rings. The van der Waals surface area contributed by atoms with Crippen LogP contribution in [0.15, 0.2) is 35.1 Å². The van der Waals surface area contributed by atoms with Gasteiger partial charge in [-0.05, 0) is 12.5 Å². The number of nitrogens with one attached hydrogen (secondary N) is 1. The molecule has 1 amide bonds. The number of hydrogen-bond donors (Lipinski definition) is 1. The lowest BCUT2D eigenvalue weighted by atomic mass is 10.0. The van der Waals surface area contributed by atoms with E-state index in [0.717, 1.165) is 22.4 Å². The van der Waals surface area contributed by atoms with Crippen LogP contribution in [0.4, 0.5) is 0 Å². The van der Waals surface area contributed by atoms with Crippen LogP contribution in [0, 0.1) is 6.92 Å². The molecule has 7 heteroatoms. The number of nitrogens with zero attached hydrogens (tertiary/aromatic N) is 3. The van der Waals surface area contributed by atoms with E-state index in [9.17, 15) is 9.59 Å². The van der Waals surface area contributed by atoms with E-state index in [-0.39, 0.29) is 17.4 Å². The molecule has 140 valence electrons. The lowest BCUT2D eigenvalue weighted by molar-refractivity contribution is -0.126. The molecular formula is C20H22N4O3. The van der Waals surface area contributed by atoms with Gasteiger partial charge in [-0.3, -0.25) is 14.7 Å². The number of H-pyrrole nitrogens is 1. The Labute approximate surface area is 156 Å². The maximum absolute atomic E-state index is 12.7. The number of aromatic nitrogens is 3. The summed E-state index contributed by atoms with van der Waals surface area (Å²) < 4.78 is 6.77. The topological polar surface area (TPSA) is 79.7 Å². The summed E-state index contributed by atoms with van der Waals surface area (Å²) in [7, 11) is 3.39. The number of benzene rings is 1. The summed E-state index contributed by atoms with van der Waals surface area (Å²) in [5, 5.41) is 3.12. The zero-order chi connectivity index (χ0) is 19.1. The third-order valence-electron chi connectivity index (χ3n) is 5.10. The molecule has 1 saturated heterocycles. The number of ether oxygens (including phenoxy) is 1. The molecule has 0 unspecified atom stereocenters. The number of fused-ring (bicyclic) bond motifs is 1. The van der Waals surface area contributed by atoms with Gasteiger partial charge in [0.15, 0.2) is 5.65 Å². The molecule has 7 nitrogen and oxygen atoms in total. The second kappa shape index (κ2) is 6.66. The fourth-order valence-corrected chi connectivity index (χ4v) is 3.64. The smallest absolute Gasteiger partial charge is 0.272 e. The summed E-state index contributed by atoms with van der Waals surface area (Å²) in [4.78, 5) is 31.1. The molecule has 1 atom stereocenters. The number of methoxy groups -OCH3 is 1. The SMILES string of the molecule is COCc1[nH]n2c(=O)cc([C@@H]3CC(=O)N(C)C3)nc2c1-c1ccc(C)cc1. The minimum Gasteiger partial charge on any atom is -0.378 e. The zero-order valence-electron chi connectivity index (χ0n) is 15.7. The fraction of sp³-hybridized carbons (Fsp3) is 0.350. The van der Waals surface area contributed by atoms with Crippen LogP contribution in [-0.2, 0) is 16.1 Å². The molecule has 3 heterocycles. The predicted octanol–water partition coefficient (Wildman–Crippen LogP) is 2.09. The average Bonchev–Trinajstić information content (AvgIpc) is 3.17. The Morgan fingerprint density at radius 2 is 2.00 bits per heavy atom. The third-order valence-corrected chi connectivity index (χ3v) is 5.10. The molecule has 0 radical (unpaired) electrons. The van der Waals surface area contributed by atoms with E-state index >= 15 is 0 Å². The number of aromatic amines is 1. The minimum absolute atomic E-state index is 0.0631. The van der Waals surface area contributed by atoms with Crippen molar-refractivity contribution >= 4 is 11.6 Å². The number of hydrogen-bond acceptors (Lipinski definition) is 4. The van der Waals surface area contributed by atoms with Crippen molar-refractivity contribution in [3.05, 3.63) is 57.6 Å². The molecule has 4 rings (SSSR count). The predicted molar refractivity (Wildman–Crippen MR) is 102 cm³/mol. The highest BCUT2D eigenvalue weighted by Gasteiger charge is 2.30. The highest BCUT2D eigenvalue weighted by molar-refractivity contribution is 5.81. The molecule has 0 saturated carbocycles. The van der Waals surface area contributed by atoms with Crippen LogP contribution in [0.25, 0.3) is 16.8 Å². The summed E-state index contributed by atoms with van der Waals surface area (Å²) in [5.74, 6) is 0.0155. The van der Waals surface area contributed by atoms with Gasteiger partial charge in [0.1, 0.15) is 0 Å². The number of likely N-dealkylation sites (tertiary alicyclic amines) is 1. The Morgan fingerprint density at radius 3 is 2.63 bits per heavy atom. The van der Waals surface area contributed by atoms with Crippen LogP contribution in [0.3, 0.4) is 0 Å². The number of rotatable bonds is 4. The Balaban J connectivity index is 1.91. The van der Waals surface area contributed by atoms with Gasteiger partial charge >= 0.3 is 0 Å². The van der Waals surface area contributed by atoms with E-state index in [1.165, 1.54) is 10.6 Å². The van der Waals surface area contributed by atoms with Crippen molar-refractivity contribution in [2.45, 2.75) is 25.9 Å². The van der Waals surface area contributed by atoms with Crippen LogP contribution in [-0.4, -0.2) is 46.1 Å². The molecule has 0 bridgehead atoms. The molecule has 1 aromatic carbocycles. The van der Waals surface area contributed by atoms with Crippen molar-refractivity contribution in [2.75, 3.05) is 20.7 Å². The fourth-order valence-electron chi connectivity index (χ4n) is 3.64. The number of carbonyl (C=O) groups excluding carboxylic acids is 1. The van der Waals surface area contributed by atoms with Crippen LogP contribution in [0.2, 0.25) is 0 Å². The highest BCUT2D eigenvalue weighted by Crippen LogP contribution is 2.30. The Kier molecular flexibility index (Phi) is 4.31. The number of likely N-dealkylation sites (N-methyl/N-ethyl adjacent to an activating group) is 1. The van der Waals surface area contributed by atoms with E-state index < -0.39 is 0 Å². The molecule has 1 N–H and O–H groups in total. The minimum atomic E-state index is -0.187. The normalized spacial score (nSPS) is 17.2. The summed E-state index contributed by atoms with van der Waals surface area (Å²) in [5.41, 5.74) is 4.81. The van der Waals surface area contributed by atoms with E-state index in [1.54, 1.807) is 19.1 Å². The second-order valence-corrected chi connectivity index (χ2v) is 7.12. The summed E-state index contributed by atoms with van der Waals surface area (Å²) in [6.07, 6.45) is 0.383. The van der Waals surface area contributed by atoms with Crippen LogP contribution < -0.4 is 5.56 Å². The highest BCUT2D eigenvalue weighted by atomic mass is 16.5. The second-order valence-electron chi connectivity index (χ2n) is 7.12. The standard InChI is InChI=1S/C20H22N4O3/c1-12-4-6-13(7-5-12)19-16(11-27-3)22-24-18(26)9-15(21-20(19)24)14-8-17(25)23(2)10-14/h4-7,9,14,22H,8,10-11H2,1-3H3/t14-/m1/s1. The molecule has 27 heavy (non-hydrogen) atoms. The summed E-state index contributed by atoms with van der Waals surface area (Å²) in [6.45, 7) is 2.95. The van der Waals surface area contributed by atoms with Gasteiger partial charge in [-0.2, -0.15) is 0 Å². The largest absolute Gasteiger partial charge is 0.378 e. The van der Waals surface area contributed by atoms with E-state index in [4.69, 9.17) is 9.72 Å². The first-order chi connectivity index (χ1) is 13.0. The first kappa shape index (κ1) is 17.5. The third kappa shape index (κ3) is 3.04. The average molecular weight is 366 g/mol. The van der Waals surface area contributed by atoms with Crippen molar-refractivity contribution in [1.29, 1.82) is 0 Å². The van der Waals surface area contributed by atoms with Gasteiger partial charge in [0.25, 0.3) is 5.56 Å². The first-order valence-corrected chi connectivity index (χ1v) is 8.92.